The van der Waals surface area contributed by atoms with Gasteiger partial charge in [0.25, 0.3) is 0 Å². The highest BCUT2D eigenvalue weighted by atomic mass is 32.1. The highest BCUT2D eigenvalue weighted by molar-refractivity contribution is 7.17. The van der Waals surface area contributed by atoms with Gasteiger partial charge in [-0.3, -0.25) is 9.59 Å². The maximum absolute atomic E-state index is 11.2. The molecule has 3 heterocycles. The van der Waals surface area contributed by atoms with Crippen molar-refractivity contribution in [1.29, 1.82) is 0 Å². The molecule has 0 amide bonds. The van der Waals surface area contributed by atoms with Crippen LogP contribution in [0.25, 0.3) is 21.1 Å². The minimum atomic E-state index is 0.638. The number of rotatable bonds is 4. The van der Waals surface area contributed by atoms with E-state index in [1.165, 1.54) is 11.3 Å². The van der Waals surface area contributed by atoms with Gasteiger partial charge in [-0.15, -0.1) is 22.7 Å². The molecule has 19 heavy (non-hydrogen) atoms. The van der Waals surface area contributed by atoms with Gasteiger partial charge in [-0.1, -0.05) is 6.07 Å². The third-order valence-electron chi connectivity index (χ3n) is 2.75. The molecule has 0 saturated heterocycles. The van der Waals surface area contributed by atoms with E-state index in [4.69, 9.17) is 0 Å². The van der Waals surface area contributed by atoms with Crippen molar-refractivity contribution in [2.45, 2.75) is 0 Å². The predicted octanol–water partition coefficient (Wildman–Crippen LogP) is 4.10. The van der Waals surface area contributed by atoms with Crippen LogP contribution in [0.5, 0.6) is 0 Å². The van der Waals surface area contributed by atoms with Gasteiger partial charge < -0.3 is 4.98 Å². The van der Waals surface area contributed by atoms with Crippen LogP contribution in [0.15, 0.2) is 35.7 Å². The summed E-state index contributed by atoms with van der Waals surface area (Å²) in [6.07, 6.45) is 1.68. The summed E-state index contributed by atoms with van der Waals surface area (Å²) >= 11 is 2.98. The van der Waals surface area contributed by atoms with E-state index in [-0.39, 0.29) is 0 Å². The molecule has 3 aromatic rings. The van der Waals surface area contributed by atoms with Crippen molar-refractivity contribution >= 4 is 35.2 Å². The molecule has 0 spiro atoms. The van der Waals surface area contributed by atoms with E-state index in [0.717, 1.165) is 33.7 Å². The maximum atomic E-state index is 11.2. The lowest BCUT2D eigenvalue weighted by atomic mass is 10.2. The highest BCUT2D eigenvalue weighted by Crippen LogP contribution is 2.33. The summed E-state index contributed by atoms with van der Waals surface area (Å²) in [7, 11) is 0. The maximum Gasteiger partial charge on any atom is 0.160 e. The normalized spacial score (nSPS) is 10.5. The minimum Gasteiger partial charge on any atom is -0.353 e. The second-order valence-electron chi connectivity index (χ2n) is 3.93. The minimum absolute atomic E-state index is 0.638. The van der Waals surface area contributed by atoms with Crippen molar-refractivity contribution in [3.05, 3.63) is 46.2 Å². The van der Waals surface area contributed by atoms with Crippen LogP contribution in [-0.2, 0) is 0 Å². The van der Waals surface area contributed by atoms with Crippen molar-refractivity contribution < 1.29 is 9.59 Å². The van der Waals surface area contributed by atoms with Gasteiger partial charge in [-0.2, -0.15) is 0 Å². The van der Waals surface area contributed by atoms with Crippen LogP contribution in [0.3, 0.4) is 0 Å². The van der Waals surface area contributed by atoms with Gasteiger partial charge in [0.05, 0.1) is 26.0 Å². The molecule has 0 fully saturated rings. The van der Waals surface area contributed by atoms with Gasteiger partial charge in [0.1, 0.15) is 0 Å². The third kappa shape index (κ3) is 2.18. The smallest absolute Gasteiger partial charge is 0.160 e. The molecule has 0 bridgehead atoms. The lowest BCUT2D eigenvalue weighted by molar-refractivity contribution is 0.111. The van der Waals surface area contributed by atoms with E-state index in [1.54, 1.807) is 17.4 Å². The molecule has 0 aliphatic carbocycles. The zero-order valence-corrected chi connectivity index (χ0v) is 11.4. The number of carbonyl (C=O) groups is 2. The van der Waals surface area contributed by atoms with Crippen LogP contribution in [0.2, 0.25) is 0 Å². The lowest BCUT2D eigenvalue weighted by Crippen LogP contribution is -1.79. The molecule has 3 nitrogen and oxygen atoms in total. The first-order valence-corrected chi connectivity index (χ1v) is 7.29. The highest BCUT2D eigenvalue weighted by Gasteiger charge is 2.12. The summed E-state index contributed by atoms with van der Waals surface area (Å²) in [4.78, 5) is 27.8. The molecule has 94 valence electrons. The predicted molar refractivity (Wildman–Crippen MR) is 78.2 cm³/mol. The summed E-state index contributed by atoms with van der Waals surface area (Å²) in [6, 6.07) is 9.40. The molecule has 0 saturated carbocycles. The Bertz CT molecular complexity index is 723. The standard InChI is InChI=1S/C14H9NO2S2/c16-7-9-6-11(12-4-3-10(8-17)19-12)15-14(9)13-2-1-5-18-13/h1-8,15H. The molecule has 3 rings (SSSR count). The largest absolute Gasteiger partial charge is 0.353 e. The van der Waals surface area contributed by atoms with Crippen LogP contribution in [0.1, 0.15) is 20.0 Å². The molecule has 1 N–H and O–H groups in total. The first-order valence-electron chi connectivity index (χ1n) is 5.59. The number of hydrogen-bond acceptors (Lipinski definition) is 4. The third-order valence-corrected chi connectivity index (χ3v) is 4.68. The van der Waals surface area contributed by atoms with Crippen molar-refractivity contribution in [3.8, 4) is 21.1 Å². The molecule has 5 heteroatoms. The monoisotopic (exact) mass is 287 g/mol. The number of hydrogen-bond donors (Lipinski definition) is 1. The Morgan fingerprint density at radius 2 is 1.95 bits per heavy atom. The summed E-state index contributed by atoms with van der Waals surface area (Å²) < 4.78 is 0. The summed E-state index contributed by atoms with van der Waals surface area (Å²) in [5, 5.41) is 1.97. The summed E-state index contributed by atoms with van der Waals surface area (Å²) in [6.45, 7) is 0. The van der Waals surface area contributed by atoms with Gasteiger partial charge in [0.2, 0.25) is 0 Å². The number of carbonyl (C=O) groups excluding carboxylic acids is 2. The Morgan fingerprint density at radius 3 is 2.58 bits per heavy atom. The Hall–Kier alpha value is -1.98. The van der Waals surface area contributed by atoms with Crippen LogP contribution < -0.4 is 0 Å². The van der Waals surface area contributed by atoms with E-state index in [9.17, 15) is 9.59 Å². The van der Waals surface area contributed by atoms with Crippen LogP contribution in [-0.4, -0.2) is 17.6 Å². The Morgan fingerprint density at radius 1 is 1.05 bits per heavy atom. The number of aromatic amines is 1. The fourth-order valence-corrected chi connectivity index (χ4v) is 3.42. The van der Waals surface area contributed by atoms with Gasteiger partial charge >= 0.3 is 0 Å². The molecule has 3 aromatic heterocycles. The second kappa shape index (κ2) is 4.95. The zero-order valence-electron chi connectivity index (χ0n) is 9.75. The fraction of sp³-hybridized carbons (Fsp3) is 0. The molecule has 0 unspecified atom stereocenters. The molecule has 0 atom stereocenters. The van der Waals surface area contributed by atoms with Gasteiger partial charge in [0.15, 0.2) is 12.6 Å². The first-order chi connectivity index (χ1) is 9.31. The molecule has 0 aromatic carbocycles. The van der Waals surface area contributed by atoms with E-state index in [2.05, 4.69) is 4.98 Å². The molecule has 0 radical (unpaired) electrons. The average Bonchev–Trinajstić information content (AvgIpc) is 3.16. The molecule has 0 aliphatic rings. The molecule has 0 aliphatic heterocycles. The van der Waals surface area contributed by atoms with Crippen molar-refractivity contribution in [2.24, 2.45) is 0 Å². The van der Waals surface area contributed by atoms with E-state index >= 15 is 0 Å². The Kier molecular flexibility index (Phi) is 3.15. The van der Waals surface area contributed by atoms with Gasteiger partial charge in [0, 0.05) is 5.56 Å². The molecular weight excluding hydrogens is 278 g/mol. The van der Waals surface area contributed by atoms with Crippen molar-refractivity contribution in [2.75, 3.05) is 0 Å². The van der Waals surface area contributed by atoms with Crippen molar-refractivity contribution in [1.82, 2.24) is 4.98 Å². The SMILES string of the molecule is O=Cc1ccc(-c2cc(C=O)c(-c3cccs3)[nH]2)s1. The molecular formula is C14H9NO2S2. The van der Waals surface area contributed by atoms with Crippen molar-refractivity contribution in [3.63, 3.8) is 0 Å². The zero-order chi connectivity index (χ0) is 13.2. The lowest BCUT2D eigenvalue weighted by Gasteiger charge is -1.94. The topological polar surface area (TPSA) is 49.9 Å². The van der Waals surface area contributed by atoms with E-state index in [1.807, 2.05) is 29.6 Å². The van der Waals surface area contributed by atoms with Crippen LogP contribution >= 0.6 is 22.7 Å². The number of H-pyrrole nitrogens is 1. The summed E-state index contributed by atoms with van der Waals surface area (Å²) in [5.74, 6) is 0. The van der Waals surface area contributed by atoms with Crippen LogP contribution in [0.4, 0.5) is 0 Å². The van der Waals surface area contributed by atoms with Crippen LogP contribution in [0, 0.1) is 0 Å². The van der Waals surface area contributed by atoms with E-state index in [0.29, 0.717) is 10.4 Å². The number of nitrogens with one attached hydrogen (secondary N) is 1. The first kappa shape index (κ1) is 12.1. The van der Waals surface area contributed by atoms with E-state index < -0.39 is 0 Å². The average molecular weight is 287 g/mol. The Balaban J connectivity index is 2.09. The fourth-order valence-electron chi connectivity index (χ4n) is 1.88. The Labute approximate surface area is 117 Å². The number of aldehydes is 2. The quantitative estimate of drug-likeness (QED) is 0.734. The van der Waals surface area contributed by atoms with Gasteiger partial charge in [-0.05, 0) is 29.6 Å². The van der Waals surface area contributed by atoms with Gasteiger partial charge in [-0.25, -0.2) is 0 Å². The number of aromatic nitrogens is 1. The second-order valence-corrected chi connectivity index (χ2v) is 5.99. The number of thiophene rings is 2. The summed E-state index contributed by atoms with van der Waals surface area (Å²) in [5.41, 5.74) is 2.34.